The van der Waals surface area contributed by atoms with Crippen LogP contribution in [0.5, 0.6) is 0 Å². The van der Waals surface area contributed by atoms with E-state index in [9.17, 15) is 14.4 Å². The largest absolute Gasteiger partial charge is 0.369 e. The zero-order chi connectivity index (χ0) is 24.9. The first-order valence-electron chi connectivity index (χ1n) is 11.0. The van der Waals surface area contributed by atoms with E-state index in [2.05, 4.69) is 37.6 Å². The molecule has 1 fully saturated rings. The molecule has 1 aromatic heterocycles. The number of nitrogens with one attached hydrogen (secondary N) is 4. The van der Waals surface area contributed by atoms with E-state index >= 15 is 0 Å². The van der Waals surface area contributed by atoms with Crippen molar-refractivity contribution < 1.29 is 14.4 Å². The van der Waals surface area contributed by atoms with Gasteiger partial charge in [0.2, 0.25) is 5.91 Å². The number of carbonyl (C=O) groups is 3. The maximum absolute atomic E-state index is 13.0. The molecule has 0 radical (unpaired) electrons. The maximum atomic E-state index is 13.0. The standard InChI is InChI=1S/C25H25ClN6O3/c1-3-21(33)28-16-7-5-8-18(12-16)32-11-10-17(14-32)29-25(35)23-20(13-27-31-23)30-24(34)22-15(2)6-4-9-19(22)26/h3-9,12-13,17H,1,10-11,14H2,2H3,(H,27,31)(H,28,33)(H,29,35)(H,30,34)/t17-/m1/s1. The number of hydrogen-bond acceptors (Lipinski definition) is 5. The third kappa shape index (κ3) is 5.52. The van der Waals surface area contributed by atoms with Crippen molar-refractivity contribution in [1.29, 1.82) is 0 Å². The van der Waals surface area contributed by atoms with Crippen LogP contribution in [0.4, 0.5) is 17.1 Å². The van der Waals surface area contributed by atoms with Crippen molar-refractivity contribution >= 4 is 46.4 Å². The molecule has 0 unspecified atom stereocenters. The Balaban J connectivity index is 1.39. The Morgan fingerprint density at radius 2 is 1.97 bits per heavy atom. The fourth-order valence-electron chi connectivity index (χ4n) is 4.00. The first-order chi connectivity index (χ1) is 16.9. The molecule has 2 aromatic carbocycles. The van der Waals surface area contributed by atoms with Crippen LogP contribution in [0.25, 0.3) is 0 Å². The molecule has 0 saturated carbocycles. The minimum atomic E-state index is -0.418. The Morgan fingerprint density at radius 3 is 2.74 bits per heavy atom. The lowest BCUT2D eigenvalue weighted by molar-refractivity contribution is -0.111. The van der Waals surface area contributed by atoms with E-state index < -0.39 is 5.91 Å². The third-order valence-electron chi connectivity index (χ3n) is 5.75. The van der Waals surface area contributed by atoms with Crippen LogP contribution in [-0.4, -0.2) is 47.1 Å². The van der Waals surface area contributed by atoms with Gasteiger partial charge in [-0.1, -0.05) is 36.4 Å². The number of carbonyl (C=O) groups excluding carboxylic acids is 3. The number of aromatic amines is 1. The molecule has 4 rings (SSSR count). The van der Waals surface area contributed by atoms with Gasteiger partial charge in [-0.25, -0.2) is 0 Å². The van der Waals surface area contributed by atoms with E-state index in [1.807, 2.05) is 18.2 Å². The van der Waals surface area contributed by atoms with Gasteiger partial charge in [-0.2, -0.15) is 5.10 Å². The van der Waals surface area contributed by atoms with Gasteiger partial charge in [0.15, 0.2) is 0 Å². The summed E-state index contributed by atoms with van der Waals surface area (Å²) in [5.41, 5.74) is 3.12. The Labute approximate surface area is 207 Å². The van der Waals surface area contributed by atoms with Crippen LogP contribution in [-0.2, 0) is 4.79 Å². The molecule has 1 aliphatic rings. The number of hydrogen-bond donors (Lipinski definition) is 4. The molecule has 0 aliphatic carbocycles. The van der Waals surface area contributed by atoms with Crippen LogP contribution in [0.3, 0.4) is 0 Å². The summed E-state index contributed by atoms with van der Waals surface area (Å²) in [4.78, 5) is 39.4. The number of nitrogens with zero attached hydrogens (tertiary/aromatic N) is 2. The zero-order valence-corrected chi connectivity index (χ0v) is 19.9. The highest BCUT2D eigenvalue weighted by molar-refractivity contribution is 6.34. The molecule has 1 aliphatic heterocycles. The molecular formula is C25H25ClN6O3. The predicted molar refractivity (Wildman–Crippen MR) is 136 cm³/mol. The highest BCUT2D eigenvalue weighted by atomic mass is 35.5. The summed E-state index contributed by atoms with van der Waals surface area (Å²) in [6.45, 7) is 6.59. The number of amides is 3. The van der Waals surface area contributed by atoms with Crippen LogP contribution in [0.1, 0.15) is 32.8 Å². The van der Waals surface area contributed by atoms with E-state index in [0.29, 0.717) is 22.8 Å². The molecule has 4 N–H and O–H groups in total. The Bertz CT molecular complexity index is 1270. The molecule has 0 bridgehead atoms. The molecule has 0 spiro atoms. The minimum Gasteiger partial charge on any atom is -0.369 e. The lowest BCUT2D eigenvalue weighted by Gasteiger charge is -2.20. The molecule has 2 heterocycles. The van der Waals surface area contributed by atoms with E-state index in [-0.39, 0.29) is 29.2 Å². The fraction of sp³-hybridized carbons (Fsp3) is 0.200. The summed E-state index contributed by atoms with van der Waals surface area (Å²) in [6.07, 6.45) is 3.35. The number of benzene rings is 2. The third-order valence-corrected chi connectivity index (χ3v) is 6.07. The number of anilines is 3. The van der Waals surface area contributed by atoms with Crippen molar-refractivity contribution in [3.8, 4) is 0 Å². The first-order valence-corrected chi connectivity index (χ1v) is 11.4. The van der Waals surface area contributed by atoms with Crippen LogP contribution >= 0.6 is 11.6 Å². The highest BCUT2D eigenvalue weighted by Crippen LogP contribution is 2.25. The van der Waals surface area contributed by atoms with Crippen LogP contribution in [0.15, 0.2) is 61.3 Å². The van der Waals surface area contributed by atoms with Crippen molar-refractivity contribution in [2.45, 2.75) is 19.4 Å². The van der Waals surface area contributed by atoms with Crippen LogP contribution < -0.4 is 20.9 Å². The fourth-order valence-corrected chi connectivity index (χ4v) is 4.31. The Hall–Kier alpha value is -4.11. The lowest BCUT2D eigenvalue weighted by atomic mass is 10.1. The summed E-state index contributed by atoms with van der Waals surface area (Å²) in [6, 6.07) is 12.6. The topological polar surface area (TPSA) is 119 Å². The van der Waals surface area contributed by atoms with Gasteiger partial charge in [-0.3, -0.25) is 19.5 Å². The van der Waals surface area contributed by atoms with Gasteiger partial charge in [-0.05, 0) is 49.2 Å². The molecule has 3 aromatic rings. The molecule has 1 saturated heterocycles. The second kappa shape index (κ2) is 10.4. The summed E-state index contributed by atoms with van der Waals surface area (Å²) >= 11 is 6.19. The van der Waals surface area contributed by atoms with Gasteiger partial charge < -0.3 is 20.9 Å². The van der Waals surface area contributed by atoms with Gasteiger partial charge in [0.1, 0.15) is 5.69 Å². The lowest BCUT2D eigenvalue weighted by Crippen LogP contribution is -2.37. The van der Waals surface area contributed by atoms with Crippen molar-refractivity contribution in [1.82, 2.24) is 15.5 Å². The first kappa shape index (κ1) is 24.0. The van der Waals surface area contributed by atoms with Gasteiger partial charge >= 0.3 is 0 Å². The summed E-state index contributed by atoms with van der Waals surface area (Å²) < 4.78 is 0. The van der Waals surface area contributed by atoms with Crippen LogP contribution in [0.2, 0.25) is 5.02 Å². The number of aryl methyl sites for hydroxylation is 1. The summed E-state index contributed by atoms with van der Waals surface area (Å²) in [5.74, 6) is -1.06. The Kier molecular flexibility index (Phi) is 7.17. The van der Waals surface area contributed by atoms with Crippen molar-refractivity contribution in [2.24, 2.45) is 0 Å². The number of halogens is 1. The monoisotopic (exact) mass is 492 g/mol. The second-order valence-corrected chi connectivity index (χ2v) is 8.60. The predicted octanol–water partition coefficient (Wildman–Crippen LogP) is 3.76. The number of H-pyrrole nitrogens is 1. The molecular weight excluding hydrogens is 468 g/mol. The van der Waals surface area contributed by atoms with Crippen molar-refractivity contribution in [3.63, 3.8) is 0 Å². The quantitative estimate of drug-likeness (QED) is 0.374. The van der Waals surface area contributed by atoms with E-state index in [1.165, 1.54) is 12.3 Å². The summed E-state index contributed by atoms with van der Waals surface area (Å²) in [7, 11) is 0. The van der Waals surface area contributed by atoms with Crippen molar-refractivity contribution in [2.75, 3.05) is 28.6 Å². The second-order valence-electron chi connectivity index (χ2n) is 8.19. The molecule has 9 nitrogen and oxygen atoms in total. The normalized spacial score (nSPS) is 14.9. The van der Waals surface area contributed by atoms with E-state index in [1.54, 1.807) is 31.2 Å². The average Bonchev–Trinajstić information content (AvgIpc) is 3.49. The Morgan fingerprint density at radius 1 is 1.17 bits per heavy atom. The number of rotatable bonds is 7. The minimum absolute atomic E-state index is 0.105. The zero-order valence-electron chi connectivity index (χ0n) is 19.1. The highest BCUT2D eigenvalue weighted by Gasteiger charge is 2.27. The van der Waals surface area contributed by atoms with E-state index in [4.69, 9.17) is 11.6 Å². The van der Waals surface area contributed by atoms with Gasteiger partial charge in [0.25, 0.3) is 11.8 Å². The molecule has 3 amide bonds. The SMILES string of the molecule is C=CC(=O)Nc1cccc(N2CC[C@@H](NC(=O)c3[nH]ncc3NC(=O)c3c(C)cccc3Cl)C2)c1. The van der Waals surface area contributed by atoms with Crippen molar-refractivity contribution in [3.05, 3.63) is 83.2 Å². The van der Waals surface area contributed by atoms with Gasteiger partial charge in [-0.15, -0.1) is 0 Å². The molecule has 180 valence electrons. The van der Waals surface area contributed by atoms with E-state index in [0.717, 1.165) is 24.2 Å². The van der Waals surface area contributed by atoms with Gasteiger partial charge in [0.05, 0.1) is 22.5 Å². The number of aromatic nitrogens is 2. The summed E-state index contributed by atoms with van der Waals surface area (Å²) in [5, 5.41) is 15.4. The van der Waals surface area contributed by atoms with Crippen LogP contribution in [0, 0.1) is 6.92 Å². The molecule has 35 heavy (non-hydrogen) atoms. The molecule has 1 atom stereocenters. The molecule has 10 heteroatoms. The average molecular weight is 493 g/mol. The smallest absolute Gasteiger partial charge is 0.271 e. The maximum Gasteiger partial charge on any atom is 0.271 e. The van der Waals surface area contributed by atoms with Gasteiger partial charge in [0, 0.05) is 30.5 Å².